The molecule has 0 aliphatic heterocycles. The molecule has 1 aromatic heterocycles. The monoisotopic (exact) mass is 415 g/mol. The maximum atomic E-state index is 13.6. The van der Waals surface area contributed by atoms with Gasteiger partial charge < -0.3 is 9.47 Å². The first-order valence-electron chi connectivity index (χ1n) is 11.5. The highest BCUT2D eigenvalue weighted by Crippen LogP contribution is 2.28. The van der Waals surface area contributed by atoms with Gasteiger partial charge in [0.25, 0.3) is 0 Å². The van der Waals surface area contributed by atoms with Gasteiger partial charge in [0.05, 0.1) is 6.54 Å². The van der Waals surface area contributed by atoms with Crippen LogP contribution in [-0.2, 0) is 31.2 Å². The SMILES string of the molecule is CC(CC(=O)N(Cc1nccn1C)c1ccc2c(c1)CCCCC2)C1=CC=CCC=C1. The smallest absolute Gasteiger partial charge is 0.228 e. The van der Waals surface area contributed by atoms with E-state index >= 15 is 0 Å². The Morgan fingerprint density at radius 1 is 1.16 bits per heavy atom. The van der Waals surface area contributed by atoms with Gasteiger partial charge in [-0.3, -0.25) is 4.79 Å². The van der Waals surface area contributed by atoms with Gasteiger partial charge in [-0.15, -0.1) is 0 Å². The quantitative estimate of drug-likeness (QED) is 0.568. The number of nitrogens with zero attached hydrogens (tertiary/aromatic N) is 3. The molecule has 1 heterocycles. The van der Waals surface area contributed by atoms with Gasteiger partial charge in [-0.25, -0.2) is 4.98 Å². The second kappa shape index (κ2) is 9.95. The van der Waals surface area contributed by atoms with Crippen molar-refractivity contribution in [2.45, 2.75) is 58.4 Å². The maximum Gasteiger partial charge on any atom is 0.228 e. The Kier molecular flexibility index (Phi) is 6.86. The first kappa shape index (κ1) is 21.4. The Hall–Kier alpha value is -2.88. The van der Waals surface area contributed by atoms with Gasteiger partial charge in [0.15, 0.2) is 0 Å². The highest BCUT2D eigenvalue weighted by Gasteiger charge is 2.22. The van der Waals surface area contributed by atoms with E-state index in [2.05, 4.69) is 60.5 Å². The van der Waals surface area contributed by atoms with Crippen molar-refractivity contribution in [3.05, 3.63) is 83.5 Å². The summed E-state index contributed by atoms with van der Waals surface area (Å²) in [5.41, 5.74) is 5.05. The van der Waals surface area contributed by atoms with E-state index in [4.69, 9.17) is 0 Å². The molecule has 4 nitrogen and oxygen atoms in total. The van der Waals surface area contributed by atoms with Gasteiger partial charge in [0.2, 0.25) is 5.91 Å². The summed E-state index contributed by atoms with van der Waals surface area (Å²) in [6, 6.07) is 6.61. The molecule has 0 N–H and O–H groups in total. The molecule has 0 bridgehead atoms. The topological polar surface area (TPSA) is 38.1 Å². The standard InChI is InChI=1S/C27H33N3O/c1-21(22-10-6-3-4-7-11-22)18-27(31)30(20-26-28-16-17-29(26)2)25-15-14-23-12-8-5-9-13-24(23)19-25/h3,6-7,10-11,14-17,19,21H,4-5,8-9,12-13,18,20H2,1-2H3. The lowest BCUT2D eigenvalue weighted by Gasteiger charge is -2.25. The van der Waals surface area contributed by atoms with Crippen molar-refractivity contribution in [3.63, 3.8) is 0 Å². The van der Waals surface area contributed by atoms with E-state index in [9.17, 15) is 4.79 Å². The molecule has 4 heteroatoms. The third kappa shape index (κ3) is 5.25. The third-order valence-electron chi connectivity index (χ3n) is 6.47. The van der Waals surface area contributed by atoms with E-state index in [0.29, 0.717) is 13.0 Å². The highest BCUT2D eigenvalue weighted by molar-refractivity contribution is 5.93. The van der Waals surface area contributed by atoms with Gasteiger partial charge in [0.1, 0.15) is 5.82 Å². The van der Waals surface area contributed by atoms with Crippen LogP contribution < -0.4 is 4.90 Å². The fourth-order valence-electron chi connectivity index (χ4n) is 4.49. The number of imidazole rings is 1. The Bertz CT molecular complexity index is 1010. The Balaban J connectivity index is 1.60. The lowest BCUT2D eigenvalue weighted by molar-refractivity contribution is -0.119. The van der Waals surface area contributed by atoms with Gasteiger partial charge >= 0.3 is 0 Å². The molecule has 0 saturated heterocycles. The number of allylic oxidation sites excluding steroid dienone is 6. The number of fused-ring (bicyclic) bond motifs is 1. The van der Waals surface area contributed by atoms with E-state index in [1.165, 1.54) is 36.0 Å². The van der Waals surface area contributed by atoms with Crippen molar-refractivity contribution in [2.75, 3.05) is 4.90 Å². The molecule has 4 rings (SSSR count). The molecule has 2 aliphatic rings. The van der Waals surface area contributed by atoms with E-state index in [-0.39, 0.29) is 11.8 Å². The van der Waals surface area contributed by atoms with Crippen molar-refractivity contribution in [1.82, 2.24) is 9.55 Å². The lowest BCUT2D eigenvalue weighted by Crippen LogP contribution is -2.33. The number of aryl methyl sites for hydroxylation is 3. The molecular formula is C27H33N3O. The predicted molar refractivity (Wildman–Crippen MR) is 127 cm³/mol. The minimum absolute atomic E-state index is 0.145. The van der Waals surface area contributed by atoms with Crippen LogP contribution in [0.4, 0.5) is 5.69 Å². The second-order valence-electron chi connectivity index (χ2n) is 8.79. The fraction of sp³-hybridized carbons (Fsp3) is 0.407. The normalized spacial score (nSPS) is 16.8. The summed E-state index contributed by atoms with van der Waals surface area (Å²) >= 11 is 0. The first-order chi connectivity index (χ1) is 15.1. The Morgan fingerprint density at radius 2 is 2.00 bits per heavy atom. The second-order valence-corrected chi connectivity index (χ2v) is 8.79. The molecule has 1 atom stereocenters. The summed E-state index contributed by atoms with van der Waals surface area (Å²) in [5, 5.41) is 0. The highest BCUT2D eigenvalue weighted by atomic mass is 16.2. The number of carbonyl (C=O) groups is 1. The average Bonchev–Trinajstić information content (AvgIpc) is 2.98. The number of hydrogen-bond donors (Lipinski definition) is 0. The summed E-state index contributed by atoms with van der Waals surface area (Å²) in [5.74, 6) is 1.20. The molecule has 2 aliphatic carbocycles. The zero-order chi connectivity index (χ0) is 21.6. The van der Waals surface area contributed by atoms with E-state index in [1.54, 1.807) is 6.20 Å². The summed E-state index contributed by atoms with van der Waals surface area (Å²) in [7, 11) is 1.98. The Labute approximate surface area is 186 Å². The molecule has 0 fully saturated rings. The van der Waals surface area contributed by atoms with Crippen LogP contribution in [0.15, 0.2) is 66.5 Å². The van der Waals surface area contributed by atoms with Crippen LogP contribution in [0, 0.1) is 5.92 Å². The number of benzene rings is 1. The van der Waals surface area contributed by atoms with E-state index in [0.717, 1.165) is 30.8 Å². The third-order valence-corrected chi connectivity index (χ3v) is 6.47. The molecule has 1 amide bonds. The van der Waals surface area contributed by atoms with Crippen LogP contribution in [0.3, 0.4) is 0 Å². The minimum Gasteiger partial charge on any atom is -0.337 e. The molecule has 0 saturated carbocycles. The number of amides is 1. The van der Waals surface area contributed by atoms with Crippen LogP contribution in [-0.4, -0.2) is 15.5 Å². The van der Waals surface area contributed by atoms with Crippen molar-refractivity contribution < 1.29 is 4.79 Å². The van der Waals surface area contributed by atoms with Crippen LogP contribution >= 0.6 is 0 Å². The number of rotatable bonds is 6. The summed E-state index contributed by atoms with van der Waals surface area (Å²) in [4.78, 5) is 20.0. The fourth-order valence-corrected chi connectivity index (χ4v) is 4.49. The molecule has 162 valence electrons. The molecular weight excluding hydrogens is 382 g/mol. The molecule has 31 heavy (non-hydrogen) atoms. The van der Waals surface area contributed by atoms with Crippen LogP contribution in [0.1, 0.15) is 56.0 Å². The number of anilines is 1. The van der Waals surface area contributed by atoms with Crippen LogP contribution in [0.2, 0.25) is 0 Å². The first-order valence-corrected chi connectivity index (χ1v) is 11.5. The number of aromatic nitrogens is 2. The predicted octanol–water partition coefficient (Wildman–Crippen LogP) is 5.69. The van der Waals surface area contributed by atoms with Gasteiger partial charge in [-0.1, -0.05) is 49.8 Å². The summed E-state index contributed by atoms with van der Waals surface area (Å²) in [6.07, 6.45) is 21.9. The zero-order valence-electron chi connectivity index (χ0n) is 18.8. The Morgan fingerprint density at radius 3 is 2.81 bits per heavy atom. The number of hydrogen-bond acceptors (Lipinski definition) is 2. The van der Waals surface area contributed by atoms with E-state index in [1.807, 2.05) is 22.7 Å². The van der Waals surface area contributed by atoms with Crippen molar-refractivity contribution in [1.29, 1.82) is 0 Å². The van der Waals surface area contributed by atoms with Gasteiger partial charge in [-0.05, 0) is 66.9 Å². The van der Waals surface area contributed by atoms with Crippen molar-refractivity contribution in [3.8, 4) is 0 Å². The van der Waals surface area contributed by atoms with Crippen molar-refractivity contribution >= 4 is 11.6 Å². The minimum atomic E-state index is 0.145. The molecule has 1 aromatic carbocycles. The molecule has 0 radical (unpaired) electrons. The molecule has 2 aromatic rings. The zero-order valence-corrected chi connectivity index (χ0v) is 18.8. The van der Waals surface area contributed by atoms with E-state index < -0.39 is 0 Å². The van der Waals surface area contributed by atoms with Crippen LogP contribution in [0.5, 0.6) is 0 Å². The van der Waals surface area contributed by atoms with Gasteiger partial charge in [0, 0.05) is 31.5 Å². The summed E-state index contributed by atoms with van der Waals surface area (Å²) < 4.78 is 1.99. The molecule has 1 unspecified atom stereocenters. The maximum absolute atomic E-state index is 13.6. The largest absolute Gasteiger partial charge is 0.337 e. The average molecular weight is 416 g/mol. The summed E-state index contributed by atoms with van der Waals surface area (Å²) in [6.45, 7) is 2.63. The van der Waals surface area contributed by atoms with Gasteiger partial charge in [-0.2, -0.15) is 0 Å². The lowest BCUT2D eigenvalue weighted by atomic mass is 9.95. The van der Waals surface area contributed by atoms with Crippen LogP contribution in [0.25, 0.3) is 0 Å². The number of carbonyl (C=O) groups excluding carboxylic acids is 1. The molecule has 0 spiro atoms. The van der Waals surface area contributed by atoms with Crippen molar-refractivity contribution in [2.24, 2.45) is 13.0 Å².